The van der Waals surface area contributed by atoms with Gasteiger partial charge in [0.05, 0.1) is 12.7 Å². The minimum absolute atomic E-state index is 0.0707. The summed E-state index contributed by atoms with van der Waals surface area (Å²) in [5.74, 6) is 1.47. The van der Waals surface area contributed by atoms with Crippen molar-refractivity contribution in [3.05, 3.63) is 24.5 Å². The number of carbonyl (C=O) groups excluding carboxylic acids is 1. The van der Waals surface area contributed by atoms with Gasteiger partial charge in [0.1, 0.15) is 12.4 Å². The molecular weight excluding hydrogens is 266 g/mol. The Morgan fingerprint density at radius 3 is 3.14 bits per heavy atom. The van der Waals surface area contributed by atoms with Gasteiger partial charge >= 0.3 is 6.03 Å². The van der Waals surface area contributed by atoms with Crippen LogP contribution in [0.1, 0.15) is 32.1 Å². The summed E-state index contributed by atoms with van der Waals surface area (Å²) >= 11 is 0. The summed E-state index contributed by atoms with van der Waals surface area (Å²) in [6, 6.07) is 4.24. The third-order valence-electron chi connectivity index (χ3n) is 4.54. The van der Waals surface area contributed by atoms with Crippen molar-refractivity contribution in [2.75, 3.05) is 19.7 Å². The van der Waals surface area contributed by atoms with Crippen LogP contribution in [0.4, 0.5) is 4.79 Å². The van der Waals surface area contributed by atoms with E-state index in [9.17, 15) is 4.79 Å². The highest BCUT2D eigenvalue weighted by Crippen LogP contribution is 2.36. The monoisotopic (exact) mass is 289 g/mol. The number of pyridine rings is 1. The molecule has 2 heterocycles. The van der Waals surface area contributed by atoms with Crippen LogP contribution in [0.25, 0.3) is 0 Å². The molecule has 2 amide bonds. The predicted molar refractivity (Wildman–Crippen MR) is 80.2 cm³/mol. The van der Waals surface area contributed by atoms with Crippen LogP contribution in [0.15, 0.2) is 24.5 Å². The van der Waals surface area contributed by atoms with E-state index < -0.39 is 0 Å². The summed E-state index contributed by atoms with van der Waals surface area (Å²) < 4.78 is 5.53. The van der Waals surface area contributed by atoms with Crippen molar-refractivity contribution < 1.29 is 9.53 Å². The van der Waals surface area contributed by atoms with Crippen LogP contribution >= 0.6 is 0 Å². The maximum absolute atomic E-state index is 12.3. The molecule has 114 valence electrons. The first kappa shape index (κ1) is 14.2. The molecule has 0 bridgehead atoms. The minimum atomic E-state index is 0.0707. The van der Waals surface area contributed by atoms with Crippen molar-refractivity contribution in [3.8, 4) is 5.75 Å². The Morgan fingerprint density at radius 1 is 1.38 bits per heavy atom. The lowest BCUT2D eigenvalue weighted by molar-refractivity contribution is 0.127. The van der Waals surface area contributed by atoms with Crippen LogP contribution in [0, 0.1) is 5.92 Å². The van der Waals surface area contributed by atoms with Gasteiger partial charge in [0.25, 0.3) is 0 Å². The molecule has 5 heteroatoms. The number of nitrogens with one attached hydrogen (secondary N) is 1. The summed E-state index contributed by atoms with van der Waals surface area (Å²) in [5.41, 5.74) is 0. The van der Waals surface area contributed by atoms with E-state index >= 15 is 0 Å². The van der Waals surface area contributed by atoms with E-state index in [1.54, 1.807) is 12.4 Å². The third-order valence-corrected chi connectivity index (χ3v) is 4.54. The summed E-state index contributed by atoms with van der Waals surface area (Å²) in [6.45, 7) is 1.90. The molecule has 1 aromatic heterocycles. The van der Waals surface area contributed by atoms with Crippen molar-refractivity contribution in [3.63, 3.8) is 0 Å². The average molecular weight is 289 g/mol. The number of amides is 2. The van der Waals surface area contributed by atoms with Crippen LogP contribution in [0.5, 0.6) is 5.75 Å². The Morgan fingerprint density at radius 2 is 2.29 bits per heavy atom. The minimum Gasteiger partial charge on any atom is -0.490 e. The third kappa shape index (κ3) is 3.46. The number of aromatic nitrogens is 1. The normalized spacial score (nSPS) is 24.5. The number of piperidine rings is 1. The Hall–Kier alpha value is -1.78. The number of rotatable bonds is 4. The molecule has 1 saturated carbocycles. The standard InChI is InChI=1S/C16H23N3O2/c20-16(18-9-11-21-14-6-2-8-17-12-14)19-10-3-5-13-4-1-7-15(13)19/h2,6,8,12-13,15H,1,3-5,7,9-11H2,(H,18,20)/t13-,15+/m0/s1. The quantitative estimate of drug-likeness (QED) is 0.866. The van der Waals surface area contributed by atoms with Gasteiger partial charge < -0.3 is 15.0 Å². The summed E-state index contributed by atoms with van der Waals surface area (Å²) in [7, 11) is 0. The van der Waals surface area contributed by atoms with Gasteiger partial charge in [0.15, 0.2) is 0 Å². The van der Waals surface area contributed by atoms with E-state index in [4.69, 9.17) is 4.74 Å². The molecule has 0 aromatic carbocycles. The molecule has 0 unspecified atom stereocenters. The van der Waals surface area contributed by atoms with Crippen LogP contribution in [0.2, 0.25) is 0 Å². The molecule has 2 atom stereocenters. The number of fused-ring (bicyclic) bond motifs is 1. The fourth-order valence-electron chi connectivity index (χ4n) is 3.57. The van der Waals surface area contributed by atoms with Crippen LogP contribution in [-0.2, 0) is 0 Å². The number of carbonyl (C=O) groups is 1. The van der Waals surface area contributed by atoms with Crippen molar-refractivity contribution in [2.24, 2.45) is 5.92 Å². The zero-order valence-electron chi connectivity index (χ0n) is 12.3. The Kier molecular flexibility index (Phi) is 4.58. The molecule has 3 rings (SSSR count). The molecule has 1 aliphatic heterocycles. The van der Waals surface area contributed by atoms with Crippen LogP contribution in [-0.4, -0.2) is 41.7 Å². The van der Waals surface area contributed by atoms with Gasteiger partial charge in [-0.05, 0) is 43.7 Å². The number of likely N-dealkylation sites (tertiary alicyclic amines) is 1. The number of hydrogen-bond acceptors (Lipinski definition) is 3. The van der Waals surface area contributed by atoms with Gasteiger partial charge in [-0.25, -0.2) is 4.79 Å². The lowest BCUT2D eigenvalue weighted by Crippen LogP contribution is -2.51. The number of ether oxygens (including phenoxy) is 1. The lowest BCUT2D eigenvalue weighted by Gasteiger charge is -2.37. The number of hydrogen-bond donors (Lipinski definition) is 1. The first-order chi connectivity index (χ1) is 10.3. The average Bonchev–Trinajstić information content (AvgIpc) is 3.01. The molecule has 21 heavy (non-hydrogen) atoms. The Bertz CT molecular complexity index is 466. The predicted octanol–water partition coefficient (Wildman–Crippen LogP) is 2.43. The largest absolute Gasteiger partial charge is 0.490 e. The number of urea groups is 1. The van der Waals surface area contributed by atoms with E-state index in [2.05, 4.69) is 10.3 Å². The molecule has 1 saturated heterocycles. The zero-order valence-corrected chi connectivity index (χ0v) is 12.3. The van der Waals surface area contributed by atoms with Gasteiger partial charge in [-0.15, -0.1) is 0 Å². The van der Waals surface area contributed by atoms with E-state index in [1.807, 2.05) is 17.0 Å². The second kappa shape index (κ2) is 6.78. The Balaban J connectivity index is 1.41. The van der Waals surface area contributed by atoms with Crippen molar-refractivity contribution >= 4 is 6.03 Å². The molecule has 1 aromatic rings. The second-order valence-electron chi connectivity index (χ2n) is 5.86. The summed E-state index contributed by atoms with van der Waals surface area (Å²) in [6.07, 6.45) is 9.55. The topological polar surface area (TPSA) is 54.5 Å². The molecule has 0 radical (unpaired) electrons. The van der Waals surface area contributed by atoms with E-state index in [1.165, 1.54) is 25.7 Å². The highest BCUT2D eigenvalue weighted by atomic mass is 16.5. The molecule has 2 aliphatic rings. The van der Waals surface area contributed by atoms with Gasteiger partial charge in [-0.1, -0.05) is 6.42 Å². The van der Waals surface area contributed by atoms with Crippen molar-refractivity contribution in [2.45, 2.75) is 38.1 Å². The summed E-state index contributed by atoms with van der Waals surface area (Å²) in [5, 5.41) is 2.98. The first-order valence-corrected chi connectivity index (χ1v) is 7.92. The van der Waals surface area contributed by atoms with Gasteiger partial charge in [0, 0.05) is 18.8 Å². The van der Waals surface area contributed by atoms with Crippen LogP contribution in [0.3, 0.4) is 0 Å². The Labute approximate surface area is 125 Å². The van der Waals surface area contributed by atoms with Crippen molar-refractivity contribution in [1.29, 1.82) is 0 Å². The van der Waals surface area contributed by atoms with E-state index in [0.29, 0.717) is 19.2 Å². The fourth-order valence-corrected chi connectivity index (χ4v) is 3.57. The van der Waals surface area contributed by atoms with Crippen molar-refractivity contribution in [1.82, 2.24) is 15.2 Å². The molecule has 5 nitrogen and oxygen atoms in total. The molecular formula is C16H23N3O2. The second-order valence-corrected chi connectivity index (χ2v) is 5.86. The van der Waals surface area contributed by atoms with Crippen LogP contribution < -0.4 is 10.1 Å². The smallest absolute Gasteiger partial charge is 0.317 e. The summed E-state index contributed by atoms with van der Waals surface area (Å²) in [4.78, 5) is 18.3. The highest BCUT2D eigenvalue weighted by Gasteiger charge is 2.37. The number of nitrogens with zero attached hydrogens (tertiary/aromatic N) is 2. The zero-order chi connectivity index (χ0) is 14.5. The van der Waals surface area contributed by atoms with Gasteiger partial charge in [-0.2, -0.15) is 0 Å². The molecule has 0 spiro atoms. The van der Waals surface area contributed by atoms with Gasteiger partial charge in [-0.3, -0.25) is 4.98 Å². The van der Waals surface area contributed by atoms with Gasteiger partial charge in [0.2, 0.25) is 0 Å². The maximum atomic E-state index is 12.3. The highest BCUT2D eigenvalue weighted by molar-refractivity contribution is 5.74. The molecule has 1 aliphatic carbocycles. The lowest BCUT2D eigenvalue weighted by atomic mass is 9.92. The maximum Gasteiger partial charge on any atom is 0.317 e. The first-order valence-electron chi connectivity index (χ1n) is 7.92. The molecule has 1 N–H and O–H groups in total. The SMILES string of the molecule is O=C(NCCOc1cccnc1)N1CCC[C@@H]2CCC[C@H]21. The van der Waals surface area contributed by atoms with E-state index in [-0.39, 0.29) is 6.03 Å². The van der Waals surface area contributed by atoms with E-state index in [0.717, 1.165) is 24.6 Å². The molecule has 2 fully saturated rings. The fraction of sp³-hybridized carbons (Fsp3) is 0.625.